The van der Waals surface area contributed by atoms with Gasteiger partial charge in [-0.15, -0.1) is 0 Å². The van der Waals surface area contributed by atoms with Crippen LogP contribution in [0.4, 0.5) is 8.78 Å². The van der Waals surface area contributed by atoms with E-state index in [-0.39, 0.29) is 6.10 Å². The maximum atomic E-state index is 13.9. The van der Waals surface area contributed by atoms with Gasteiger partial charge in [-0.2, -0.15) is 0 Å². The van der Waals surface area contributed by atoms with Gasteiger partial charge in [-0.25, -0.2) is 8.78 Å². The largest absolute Gasteiger partial charge is 0.394 e. The summed E-state index contributed by atoms with van der Waals surface area (Å²) in [5.74, 6) is -3.25. The first-order chi connectivity index (χ1) is 8.86. The van der Waals surface area contributed by atoms with Crippen molar-refractivity contribution in [1.29, 1.82) is 0 Å². The quantitative estimate of drug-likeness (QED) is 0.742. The van der Waals surface area contributed by atoms with Crippen LogP contribution in [0.5, 0.6) is 0 Å². The zero-order valence-corrected chi connectivity index (χ0v) is 11.0. The van der Waals surface area contributed by atoms with Crippen LogP contribution in [-0.4, -0.2) is 59.6 Å². The minimum Gasteiger partial charge on any atom is -0.394 e. The molecule has 19 heavy (non-hydrogen) atoms. The molecule has 2 heterocycles. The molecule has 2 saturated heterocycles. The molecule has 0 aromatic heterocycles. The van der Waals surface area contributed by atoms with E-state index in [0.29, 0.717) is 6.42 Å². The van der Waals surface area contributed by atoms with E-state index in [1.54, 1.807) is 0 Å². The summed E-state index contributed by atoms with van der Waals surface area (Å²) >= 11 is 0. The van der Waals surface area contributed by atoms with Crippen molar-refractivity contribution in [2.24, 2.45) is 0 Å². The Kier molecular flexibility index (Phi) is 4.42. The van der Waals surface area contributed by atoms with Gasteiger partial charge in [-0.1, -0.05) is 0 Å². The van der Waals surface area contributed by atoms with E-state index in [1.807, 2.05) is 6.92 Å². The molecule has 0 aromatic rings. The molecule has 112 valence electrons. The second kappa shape index (κ2) is 5.57. The van der Waals surface area contributed by atoms with E-state index < -0.39 is 43.2 Å². The molecule has 2 N–H and O–H groups in total. The minimum atomic E-state index is -3.25. The first-order valence-corrected chi connectivity index (χ1v) is 6.49. The molecule has 2 aliphatic heterocycles. The summed E-state index contributed by atoms with van der Waals surface area (Å²) in [4.78, 5) is 0. The van der Waals surface area contributed by atoms with Gasteiger partial charge in [-0.3, -0.25) is 0 Å². The Morgan fingerprint density at radius 2 is 2.00 bits per heavy atom. The monoisotopic (exact) mass is 282 g/mol. The topological polar surface area (TPSA) is 68.2 Å². The van der Waals surface area contributed by atoms with Crippen molar-refractivity contribution < 1.29 is 33.2 Å². The third kappa shape index (κ3) is 2.90. The molecule has 2 fully saturated rings. The van der Waals surface area contributed by atoms with Crippen LogP contribution in [0.15, 0.2) is 0 Å². The average Bonchev–Trinajstić information content (AvgIpc) is 2.86. The summed E-state index contributed by atoms with van der Waals surface area (Å²) < 4.78 is 43.0. The number of aliphatic hydroxyl groups is 2. The van der Waals surface area contributed by atoms with Crippen molar-refractivity contribution in [3.05, 3.63) is 0 Å². The van der Waals surface area contributed by atoms with E-state index in [1.165, 1.54) is 6.92 Å². The predicted molar refractivity (Wildman–Crippen MR) is 60.8 cm³/mol. The molecule has 7 heteroatoms. The normalized spacial score (nSPS) is 43.6. The second-order valence-electron chi connectivity index (χ2n) is 5.18. The van der Waals surface area contributed by atoms with Gasteiger partial charge in [0.1, 0.15) is 18.3 Å². The minimum absolute atomic E-state index is 0.0175. The Bertz CT molecular complexity index is 314. The van der Waals surface area contributed by atoms with E-state index >= 15 is 0 Å². The zero-order valence-electron chi connectivity index (χ0n) is 11.0. The maximum absolute atomic E-state index is 13.9. The molecule has 5 nitrogen and oxygen atoms in total. The highest BCUT2D eigenvalue weighted by Crippen LogP contribution is 2.39. The van der Waals surface area contributed by atoms with Gasteiger partial charge in [0.25, 0.3) is 0 Å². The lowest BCUT2D eigenvalue weighted by molar-refractivity contribution is -0.240. The lowest BCUT2D eigenvalue weighted by Crippen LogP contribution is -2.46. The molecule has 0 saturated carbocycles. The van der Waals surface area contributed by atoms with Gasteiger partial charge in [-0.05, 0) is 26.7 Å². The predicted octanol–water partition coefficient (Wildman–Crippen LogP) is 0.672. The van der Waals surface area contributed by atoms with Crippen LogP contribution >= 0.6 is 0 Å². The summed E-state index contributed by atoms with van der Waals surface area (Å²) in [7, 11) is 0. The highest BCUT2D eigenvalue weighted by molar-refractivity contribution is 4.96. The van der Waals surface area contributed by atoms with Gasteiger partial charge in [0.05, 0.1) is 12.7 Å². The van der Waals surface area contributed by atoms with Gasteiger partial charge in [0.2, 0.25) is 0 Å². The molecule has 0 bridgehead atoms. The molecule has 0 amide bonds. The molecule has 0 spiro atoms. The lowest BCUT2D eigenvalue weighted by atomic mass is 10.1. The maximum Gasteiger partial charge on any atom is 0.301 e. The molecule has 2 aliphatic rings. The molecule has 6 unspecified atom stereocenters. The van der Waals surface area contributed by atoms with Crippen LogP contribution in [0, 0.1) is 0 Å². The van der Waals surface area contributed by atoms with Crippen molar-refractivity contribution in [1.82, 2.24) is 0 Å². The third-order valence-corrected chi connectivity index (χ3v) is 3.69. The zero-order chi connectivity index (χ0) is 14.2. The number of alkyl halides is 2. The van der Waals surface area contributed by atoms with Crippen LogP contribution in [0.2, 0.25) is 0 Å². The summed E-state index contributed by atoms with van der Waals surface area (Å²) in [6, 6.07) is 0. The van der Waals surface area contributed by atoms with Crippen molar-refractivity contribution >= 4 is 0 Å². The van der Waals surface area contributed by atoms with Gasteiger partial charge < -0.3 is 24.4 Å². The Balaban J connectivity index is 2.00. The Morgan fingerprint density at radius 1 is 1.32 bits per heavy atom. The van der Waals surface area contributed by atoms with E-state index in [2.05, 4.69) is 0 Å². The third-order valence-electron chi connectivity index (χ3n) is 3.69. The van der Waals surface area contributed by atoms with Crippen molar-refractivity contribution in [2.45, 2.75) is 69.4 Å². The number of rotatable bonds is 4. The van der Waals surface area contributed by atoms with E-state index in [4.69, 9.17) is 19.3 Å². The highest BCUT2D eigenvalue weighted by Gasteiger charge is 2.58. The smallest absolute Gasteiger partial charge is 0.301 e. The SMILES string of the molecule is CC1CCC(C(O)OC2C(CO)OC(C)C2(F)F)O1. The standard InChI is InChI=1S/C12H20F2O5/c1-6-3-4-8(17-6)11(16)19-10-9(5-15)18-7(2)12(10,13)14/h6-11,15-16H,3-5H2,1-2H3. The molecule has 0 aliphatic carbocycles. The number of ether oxygens (including phenoxy) is 3. The number of hydrogen-bond acceptors (Lipinski definition) is 5. The van der Waals surface area contributed by atoms with Crippen molar-refractivity contribution in [3.63, 3.8) is 0 Å². The summed E-state index contributed by atoms with van der Waals surface area (Å²) in [6.45, 7) is 2.48. The molecular formula is C12H20F2O5. The average molecular weight is 282 g/mol. The van der Waals surface area contributed by atoms with Crippen LogP contribution < -0.4 is 0 Å². The second-order valence-corrected chi connectivity index (χ2v) is 5.18. The van der Waals surface area contributed by atoms with Crippen LogP contribution in [0.1, 0.15) is 26.7 Å². The van der Waals surface area contributed by atoms with Gasteiger partial charge in [0.15, 0.2) is 12.4 Å². The van der Waals surface area contributed by atoms with Gasteiger partial charge in [0, 0.05) is 0 Å². The molecule has 2 rings (SSSR count). The Hall–Kier alpha value is -0.340. The van der Waals surface area contributed by atoms with Crippen LogP contribution in [-0.2, 0) is 14.2 Å². The van der Waals surface area contributed by atoms with Crippen molar-refractivity contribution in [2.75, 3.05) is 6.61 Å². The first kappa shape index (κ1) is 15.1. The highest BCUT2D eigenvalue weighted by atomic mass is 19.3. The first-order valence-electron chi connectivity index (χ1n) is 6.49. The number of hydrogen-bond donors (Lipinski definition) is 2. The van der Waals surface area contributed by atoms with E-state index in [0.717, 1.165) is 6.42 Å². The lowest BCUT2D eigenvalue weighted by Gasteiger charge is -2.27. The fraction of sp³-hybridized carbons (Fsp3) is 1.00. The summed E-state index contributed by atoms with van der Waals surface area (Å²) in [6.07, 6.45) is -4.92. The van der Waals surface area contributed by atoms with Crippen LogP contribution in [0.25, 0.3) is 0 Å². The number of halogens is 2. The summed E-state index contributed by atoms with van der Waals surface area (Å²) in [5.41, 5.74) is 0. The fourth-order valence-electron chi connectivity index (χ4n) is 2.50. The fourth-order valence-corrected chi connectivity index (χ4v) is 2.50. The Labute approximate surface area is 110 Å². The Morgan fingerprint density at radius 3 is 2.53 bits per heavy atom. The molecule has 0 radical (unpaired) electrons. The molecule has 6 atom stereocenters. The summed E-state index contributed by atoms with van der Waals surface area (Å²) in [5, 5.41) is 18.9. The van der Waals surface area contributed by atoms with E-state index in [9.17, 15) is 13.9 Å². The molecule has 0 aromatic carbocycles. The van der Waals surface area contributed by atoms with Gasteiger partial charge >= 0.3 is 5.92 Å². The number of aliphatic hydroxyl groups excluding tert-OH is 2. The van der Waals surface area contributed by atoms with Crippen LogP contribution in [0.3, 0.4) is 0 Å². The molecular weight excluding hydrogens is 262 g/mol. The van der Waals surface area contributed by atoms with Crippen molar-refractivity contribution in [3.8, 4) is 0 Å².